The standard InChI is InChI=1S/C20H29FN6O2.HI/c1-4-28-14(2)19-25-18(29-26-19)13-23-20(22-3)24-16-8-10-27(11-9-16)17-7-5-6-15(21)12-17;/h5-7,12,14,16H,4,8-11,13H2,1-3H3,(H2,22,23,24);1H. The summed E-state index contributed by atoms with van der Waals surface area (Å²) in [6.45, 7) is 6.52. The highest BCUT2D eigenvalue weighted by molar-refractivity contribution is 14.0. The van der Waals surface area contributed by atoms with E-state index in [-0.39, 0.29) is 35.9 Å². The van der Waals surface area contributed by atoms with Crippen molar-refractivity contribution >= 4 is 35.6 Å². The predicted octanol–water partition coefficient (Wildman–Crippen LogP) is 3.26. The molecule has 1 fully saturated rings. The Labute approximate surface area is 193 Å². The van der Waals surface area contributed by atoms with Crippen molar-refractivity contribution in [1.82, 2.24) is 20.8 Å². The Bertz CT molecular complexity index is 810. The molecular formula is C20H30FIN6O2. The number of hydrogen-bond donors (Lipinski definition) is 2. The lowest BCUT2D eigenvalue weighted by molar-refractivity contribution is 0.0683. The van der Waals surface area contributed by atoms with Gasteiger partial charge >= 0.3 is 0 Å². The van der Waals surface area contributed by atoms with Crippen LogP contribution < -0.4 is 15.5 Å². The minimum absolute atomic E-state index is 0. The highest BCUT2D eigenvalue weighted by Gasteiger charge is 2.21. The van der Waals surface area contributed by atoms with Gasteiger partial charge in [0.05, 0.1) is 6.54 Å². The SMILES string of the molecule is CCOC(C)c1noc(CNC(=NC)NC2CCN(c3cccc(F)c3)CC2)n1.I. The molecule has 1 saturated heterocycles. The van der Waals surface area contributed by atoms with Gasteiger partial charge in [0.2, 0.25) is 5.89 Å². The number of anilines is 1. The fourth-order valence-corrected chi connectivity index (χ4v) is 3.33. The number of nitrogens with one attached hydrogen (secondary N) is 2. The summed E-state index contributed by atoms with van der Waals surface area (Å²) < 4.78 is 24.2. The van der Waals surface area contributed by atoms with Crippen molar-refractivity contribution in [2.45, 2.75) is 45.4 Å². The van der Waals surface area contributed by atoms with Crippen LogP contribution in [0, 0.1) is 5.82 Å². The van der Waals surface area contributed by atoms with Crippen LogP contribution in [-0.4, -0.2) is 48.9 Å². The third-order valence-electron chi connectivity index (χ3n) is 4.90. The minimum Gasteiger partial charge on any atom is -0.371 e. The molecule has 1 unspecified atom stereocenters. The fraction of sp³-hybridized carbons (Fsp3) is 0.550. The van der Waals surface area contributed by atoms with Crippen LogP contribution in [0.25, 0.3) is 0 Å². The topological polar surface area (TPSA) is 87.8 Å². The van der Waals surface area contributed by atoms with E-state index >= 15 is 0 Å². The summed E-state index contributed by atoms with van der Waals surface area (Å²) in [5.74, 6) is 1.51. The summed E-state index contributed by atoms with van der Waals surface area (Å²) in [6, 6.07) is 7.04. The van der Waals surface area contributed by atoms with E-state index in [0.717, 1.165) is 31.6 Å². The summed E-state index contributed by atoms with van der Waals surface area (Å²) >= 11 is 0. The van der Waals surface area contributed by atoms with Gasteiger partial charge in [-0.05, 0) is 44.9 Å². The van der Waals surface area contributed by atoms with Crippen molar-refractivity contribution in [3.8, 4) is 0 Å². The molecule has 1 aromatic carbocycles. The Morgan fingerprint density at radius 1 is 1.40 bits per heavy atom. The molecule has 0 radical (unpaired) electrons. The van der Waals surface area contributed by atoms with E-state index in [9.17, 15) is 4.39 Å². The van der Waals surface area contributed by atoms with Gasteiger partial charge in [0, 0.05) is 38.5 Å². The van der Waals surface area contributed by atoms with Crippen molar-refractivity contribution in [2.24, 2.45) is 4.99 Å². The van der Waals surface area contributed by atoms with Crippen LogP contribution in [0.2, 0.25) is 0 Å². The Balaban J connectivity index is 0.00000320. The van der Waals surface area contributed by atoms with Gasteiger partial charge in [0.1, 0.15) is 11.9 Å². The number of hydrogen-bond acceptors (Lipinski definition) is 6. The van der Waals surface area contributed by atoms with Gasteiger partial charge in [-0.15, -0.1) is 24.0 Å². The highest BCUT2D eigenvalue weighted by Crippen LogP contribution is 2.20. The maximum Gasteiger partial charge on any atom is 0.246 e. The summed E-state index contributed by atoms with van der Waals surface area (Å²) in [4.78, 5) is 10.8. The molecule has 0 aliphatic carbocycles. The molecule has 1 aromatic heterocycles. The average Bonchev–Trinajstić information content (AvgIpc) is 3.21. The van der Waals surface area contributed by atoms with E-state index in [1.807, 2.05) is 19.9 Å². The largest absolute Gasteiger partial charge is 0.371 e. The van der Waals surface area contributed by atoms with Crippen molar-refractivity contribution in [2.75, 3.05) is 31.6 Å². The first-order valence-corrected chi connectivity index (χ1v) is 10.0. The number of nitrogens with zero attached hydrogens (tertiary/aromatic N) is 4. The van der Waals surface area contributed by atoms with Crippen molar-refractivity contribution < 1.29 is 13.7 Å². The van der Waals surface area contributed by atoms with Crippen LogP contribution in [0.1, 0.15) is 44.5 Å². The molecule has 3 rings (SSSR count). The number of halogens is 2. The molecule has 166 valence electrons. The zero-order valence-electron chi connectivity index (χ0n) is 17.6. The third-order valence-corrected chi connectivity index (χ3v) is 4.90. The number of benzene rings is 1. The second-order valence-electron chi connectivity index (χ2n) is 6.96. The van der Waals surface area contributed by atoms with E-state index < -0.39 is 0 Å². The van der Waals surface area contributed by atoms with Gasteiger partial charge in [-0.25, -0.2) is 4.39 Å². The van der Waals surface area contributed by atoms with Crippen molar-refractivity contribution in [3.05, 3.63) is 41.8 Å². The van der Waals surface area contributed by atoms with Crippen molar-refractivity contribution in [1.29, 1.82) is 0 Å². The molecule has 2 aromatic rings. The lowest BCUT2D eigenvalue weighted by Gasteiger charge is -2.34. The second-order valence-corrected chi connectivity index (χ2v) is 6.96. The molecule has 10 heteroatoms. The highest BCUT2D eigenvalue weighted by atomic mass is 127. The van der Waals surface area contributed by atoms with Crippen LogP contribution in [0.5, 0.6) is 0 Å². The summed E-state index contributed by atoms with van der Waals surface area (Å²) in [6.07, 6.45) is 1.68. The number of piperidine rings is 1. The molecule has 8 nitrogen and oxygen atoms in total. The van der Waals surface area contributed by atoms with Gasteiger partial charge in [0.25, 0.3) is 0 Å². The number of aromatic nitrogens is 2. The summed E-state index contributed by atoms with van der Waals surface area (Å²) in [7, 11) is 1.73. The van der Waals surface area contributed by atoms with Gasteiger partial charge in [-0.3, -0.25) is 4.99 Å². The van der Waals surface area contributed by atoms with Gasteiger partial charge in [-0.2, -0.15) is 4.98 Å². The molecule has 30 heavy (non-hydrogen) atoms. The monoisotopic (exact) mass is 532 g/mol. The molecule has 2 N–H and O–H groups in total. The molecular weight excluding hydrogens is 502 g/mol. The lowest BCUT2D eigenvalue weighted by atomic mass is 10.0. The third kappa shape index (κ3) is 6.79. The van der Waals surface area contributed by atoms with E-state index in [1.165, 1.54) is 6.07 Å². The Morgan fingerprint density at radius 3 is 2.83 bits per heavy atom. The second kappa shape index (κ2) is 12.0. The van der Waals surface area contributed by atoms with Crippen LogP contribution >= 0.6 is 24.0 Å². The molecule has 2 heterocycles. The predicted molar refractivity (Wildman–Crippen MR) is 125 cm³/mol. The molecule has 0 spiro atoms. The number of ether oxygens (including phenoxy) is 1. The maximum absolute atomic E-state index is 13.4. The van der Waals surface area contributed by atoms with Gasteiger partial charge in [0.15, 0.2) is 11.8 Å². The Kier molecular flexibility index (Phi) is 9.76. The fourth-order valence-electron chi connectivity index (χ4n) is 3.33. The van der Waals surface area contributed by atoms with Crippen LogP contribution in [0.3, 0.4) is 0 Å². The van der Waals surface area contributed by atoms with Gasteiger partial charge < -0.3 is 24.8 Å². The van der Waals surface area contributed by atoms with E-state index in [0.29, 0.717) is 36.9 Å². The number of guanidine groups is 1. The molecule has 1 aliphatic rings. The Hall–Kier alpha value is -1.95. The quantitative estimate of drug-likeness (QED) is 0.322. The zero-order valence-corrected chi connectivity index (χ0v) is 19.9. The molecule has 0 amide bonds. The van der Waals surface area contributed by atoms with Crippen molar-refractivity contribution in [3.63, 3.8) is 0 Å². The van der Waals surface area contributed by atoms with E-state index in [2.05, 4.69) is 30.7 Å². The summed E-state index contributed by atoms with van der Waals surface area (Å²) in [5.41, 5.74) is 0.930. The van der Waals surface area contributed by atoms with E-state index in [4.69, 9.17) is 9.26 Å². The number of rotatable bonds is 7. The maximum atomic E-state index is 13.4. The van der Waals surface area contributed by atoms with Crippen LogP contribution in [0.4, 0.5) is 10.1 Å². The molecule has 1 atom stereocenters. The zero-order chi connectivity index (χ0) is 20.6. The first-order chi connectivity index (χ1) is 14.1. The van der Waals surface area contributed by atoms with Crippen LogP contribution in [0.15, 0.2) is 33.8 Å². The first kappa shape index (κ1) is 24.3. The smallest absolute Gasteiger partial charge is 0.246 e. The first-order valence-electron chi connectivity index (χ1n) is 10.0. The number of aliphatic imine (C=N–C) groups is 1. The normalized spacial score (nSPS) is 16.1. The van der Waals surface area contributed by atoms with Crippen LogP contribution in [-0.2, 0) is 11.3 Å². The average molecular weight is 532 g/mol. The molecule has 1 aliphatic heterocycles. The molecule has 0 bridgehead atoms. The summed E-state index contributed by atoms with van der Waals surface area (Å²) in [5, 5.41) is 10.6. The minimum atomic E-state index is -0.202. The molecule has 0 saturated carbocycles. The van der Waals surface area contributed by atoms with Gasteiger partial charge in [-0.1, -0.05) is 11.2 Å². The lowest BCUT2D eigenvalue weighted by Crippen LogP contribution is -2.48. The van der Waals surface area contributed by atoms with E-state index in [1.54, 1.807) is 19.2 Å². The Morgan fingerprint density at radius 2 is 2.17 bits per heavy atom.